The van der Waals surface area contributed by atoms with Gasteiger partial charge in [-0.2, -0.15) is 0 Å². The molecular weight excluding hydrogens is 162 g/mol. The summed E-state index contributed by atoms with van der Waals surface area (Å²) in [5.74, 6) is -1.82. The number of hydrogen-bond acceptors (Lipinski definition) is 4. The summed E-state index contributed by atoms with van der Waals surface area (Å²) in [5, 5.41) is 8.29. The molecule has 3 N–H and O–H groups in total. The minimum Gasteiger partial charge on any atom is -0.481 e. The number of carbonyl (C=O) groups excluding carboxylic acids is 1. The molecule has 0 aliphatic heterocycles. The van der Waals surface area contributed by atoms with Gasteiger partial charge in [-0.25, -0.2) is 0 Å². The van der Waals surface area contributed by atoms with Crippen LogP contribution in [0.2, 0.25) is 0 Å². The van der Waals surface area contributed by atoms with Crippen molar-refractivity contribution in [2.75, 3.05) is 7.11 Å². The van der Waals surface area contributed by atoms with Crippen molar-refractivity contribution in [3.05, 3.63) is 0 Å². The maximum Gasteiger partial charge on any atom is 0.322 e. The number of rotatable bonds is 5. The van der Waals surface area contributed by atoms with Crippen LogP contribution in [0.3, 0.4) is 0 Å². The Hall–Kier alpha value is -1.10. The van der Waals surface area contributed by atoms with Gasteiger partial charge in [0.1, 0.15) is 6.02 Å². The average Bonchev–Trinajstić information content (AvgIpc) is 2.01. The van der Waals surface area contributed by atoms with E-state index in [2.05, 4.69) is 4.74 Å². The highest BCUT2D eigenvalue weighted by atomic mass is 16.5. The van der Waals surface area contributed by atoms with Crippen LogP contribution in [0.4, 0.5) is 0 Å². The molecule has 0 saturated carbocycles. The average molecular weight is 176 g/mol. The van der Waals surface area contributed by atoms with Crippen molar-refractivity contribution in [2.45, 2.75) is 25.3 Å². The maximum atomic E-state index is 10.8. The Balaban J connectivity index is 3.89. The fourth-order valence-electron chi connectivity index (χ4n) is 0.663. The third kappa shape index (κ3) is 4.68. The number of esters is 1. The molecule has 0 radical (unpaired) electrons. The van der Waals surface area contributed by atoms with Crippen molar-refractivity contribution >= 4 is 11.9 Å². The van der Waals surface area contributed by atoms with Gasteiger partial charge in [0.05, 0.1) is 8.48 Å². The first-order valence-electron chi connectivity index (χ1n) is 3.99. The summed E-state index contributed by atoms with van der Waals surface area (Å²) in [5.41, 5.74) is 5.26. The molecule has 0 saturated heterocycles. The minimum atomic E-state index is -1.83. The first-order chi connectivity index (χ1) is 5.90. The molecule has 0 aliphatic rings. The van der Waals surface area contributed by atoms with E-state index in [4.69, 9.17) is 12.2 Å². The fraction of sp³-hybridized carbons (Fsp3) is 0.714. The lowest BCUT2D eigenvalue weighted by Crippen LogP contribution is -2.31. The van der Waals surface area contributed by atoms with Crippen LogP contribution in [-0.4, -0.2) is 30.2 Å². The van der Waals surface area contributed by atoms with Crippen LogP contribution in [-0.2, 0) is 14.3 Å². The van der Waals surface area contributed by atoms with Crippen molar-refractivity contribution < 1.29 is 20.8 Å². The molecule has 0 aliphatic carbocycles. The first kappa shape index (κ1) is 8.99. The van der Waals surface area contributed by atoms with E-state index in [0.717, 1.165) is 7.11 Å². The molecular formula is C7H13NO4. The van der Waals surface area contributed by atoms with Gasteiger partial charge >= 0.3 is 11.9 Å². The van der Waals surface area contributed by atoms with Crippen LogP contribution in [0.1, 0.15) is 20.6 Å². The monoisotopic (exact) mass is 176 g/mol. The molecule has 0 amide bonds. The van der Waals surface area contributed by atoms with Crippen LogP contribution in [0, 0.1) is 0 Å². The van der Waals surface area contributed by atoms with Gasteiger partial charge in [-0.05, 0) is 12.8 Å². The summed E-state index contributed by atoms with van der Waals surface area (Å²) in [6.45, 7) is 0. The van der Waals surface area contributed by atoms with E-state index >= 15 is 0 Å². The van der Waals surface area contributed by atoms with Crippen molar-refractivity contribution in [3.8, 4) is 0 Å². The van der Waals surface area contributed by atoms with Crippen molar-refractivity contribution in [1.82, 2.24) is 0 Å². The molecule has 0 spiro atoms. The topological polar surface area (TPSA) is 89.6 Å². The van der Waals surface area contributed by atoms with Crippen LogP contribution in [0.15, 0.2) is 0 Å². The van der Waals surface area contributed by atoms with E-state index in [-0.39, 0.29) is 19.3 Å². The zero-order valence-corrected chi connectivity index (χ0v) is 6.87. The Kier molecular flexibility index (Phi) is 4.15. The summed E-state index contributed by atoms with van der Waals surface area (Å²) in [6.07, 6.45) is 0.0607. The molecule has 70 valence electrons. The SMILES string of the molecule is [2H]C(N)(CCCC(=O)O)C(=O)OC. The van der Waals surface area contributed by atoms with E-state index in [0.29, 0.717) is 0 Å². The number of hydrogen-bond donors (Lipinski definition) is 2. The quantitative estimate of drug-likeness (QED) is 0.563. The summed E-state index contributed by atoms with van der Waals surface area (Å²) >= 11 is 0. The Morgan fingerprint density at radius 3 is 2.75 bits per heavy atom. The maximum absolute atomic E-state index is 10.8. The molecule has 1 atom stereocenters. The highest BCUT2D eigenvalue weighted by Crippen LogP contribution is 1.99. The molecule has 0 bridgehead atoms. The van der Waals surface area contributed by atoms with Crippen molar-refractivity contribution in [2.24, 2.45) is 5.73 Å². The third-order valence-corrected chi connectivity index (χ3v) is 1.28. The molecule has 12 heavy (non-hydrogen) atoms. The molecule has 0 aromatic rings. The van der Waals surface area contributed by atoms with Crippen LogP contribution in [0.25, 0.3) is 0 Å². The van der Waals surface area contributed by atoms with Crippen molar-refractivity contribution in [3.63, 3.8) is 0 Å². The van der Waals surface area contributed by atoms with Gasteiger partial charge in [0.25, 0.3) is 0 Å². The number of aliphatic carboxylic acids is 1. The van der Waals surface area contributed by atoms with Crippen LogP contribution in [0.5, 0.6) is 0 Å². The highest BCUT2D eigenvalue weighted by Gasteiger charge is 2.13. The molecule has 5 heteroatoms. The zero-order chi connectivity index (χ0) is 10.5. The molecule has 0 fully saturated rings. The molecule has 0 aromatic heterocycles. The van der Waals surface area contributed by atoms with Gasteiger partial charge in [-0.1, -0.05) is 0 Å². The van der Waals surface area contributed by atoms with E-state index in [1.165, 1.54) is 0 Å². The Bertz CT molecular complexity index is 205. The summed E-state index contributed by atoms with van der Waals surface area (Å²) in [7, 11) is 1.13. The van der Waals surface area contributed by atoms with Gasteiger partial charge < -0.3 is 15.6 Å². The normalized spacial score (nSPS) is 16.0. The van der Waals surface area contributed by atoms with Gasteiger partial charge in [-0.15, -0.1) is 0 Å². The Labute approximate surface area is 71.9 Å². The standard InChI is InChI=1S/C7H13NO4/c1-12-7(11)5(8)3-2-4-6(9)10/h5H,2-4,8H2,1H3,(H,9,10)/i5D. The van der Waals surface area contributed by atoms with E-state index < -0.39 is 18.0 Å². The number of methoxy groups -OCH3 is 1. The molecule has 0 heterocycles. The molecule has 0 rings (SSSR count). The fourth-order valence-corrected chi connectivity index (χ4v) is 0.663. The third-order valence-electron chi connectivity index (χ3n) is 1.28. The second-order valence-corrected chi connectivity index (χ2v) is 2.26. The Morgan fingerprint density at radius 2 is 2.33 bits per heavy atom. The van der Waals surface area contributed by atoms with E-state index in [1.54, 1.807) is 0 Å². The second-order valence-electron chi connectivity index (χ2n) is 2.26. The zero-order valence-electron chi connectivity index (χ0n) is 7.87. The van der Waals surface area contributed by atoms with Crippen molar-refractivity contribution in [1.29, 1.82) is 0 Å². The largest absolute Gasteiger partial charge is 0.481 e. The number of ether oxygens (including phenoxy) is 1. The van der Waals surface area contributed by atoms with E-state index in [1.807, 2.05) is 0 Å². The number of carboxylic acid groups (broad SMARTS) is 1. The smallest absolute Gasteiger partial charge is 0.322 e. The summed E-state index contributed by atoms with van der Waals surface area (Å²) < 4.78 is 11.6. The van der Waals surface area contributed by atoms with Crippen LogP contribution >= 0.6 is 0 Å². The predicted octanol–water partition coefficient (Wildman–Crippen LogP) is -0.258. The molecule has 1 unspecified atom stereocenters. The number of nitrogens with two attached hydrogens (primary N) is 1. The predicted molar refractivity (Wildman–Crippen MR) is 41.5 cm³/mol. The second kappa shape index (κ2) is 5.54. The van der Waals surface area contributed by atoms with Gasteiger partial charge in [0.15, 0.2) is 0 Å². The number of carbonyl (C=O) groups is 2. The van der Waals surface area contributed by atoms with Gasteiger partial charge in [0.2, 0.25) is 0 Å². The first-order valence-corrected chi connectivity index (χ1v) is 3.49. The lowest BCUT2D eigenvalue weighted by Gasteiger charge is -2.06. The summed E-state index contributed by atoms with van der Waals surface area (Å²) in [4.78, 5) is 20.9. The van der Waals surface area contributed by atoms with E-state index in [9.17, 15) is 9.59 Å². The lowest BCUT2D eigenvalue weighted by atomic mass is 10.1. The summed E-state index contributed by atoms with van der Waals surface area (Å²) in [6, 6.07) is -1.83. The Morgan fingerprint density at radius 1 is 1.75 bits per heavy atom. The van der Waals surface area contributed by atoms with Crippen LogP contribution < -0.4 is 5.73 Å². The minimum absolute atomic E-state index is 0.0219. The lowest BCUT2D eigenvalue weighted by molar-refractivity contribution is -0.143. The van der Waals surface area contributed by atoms with Gasteiger partial charge in [-0.3, -0.25) is 9.59 Å². The van der Waals surface area contributed by atoms with Gasteiger partial charge in [0, 0.05) is 6.42 Å². The molecule has 5 nitrogen and oxygen atoms in total. The highest BCUT2D eigenvalue weighted by molar-refractivity contribution is 5.75. The molecule has 0 aromatic carbocycles. The number of carboxylic acids is 1.